The zero-order valence-corrected chi connectivity index (χ0v) is 15.9. The Morgan fingerprint density at radius 2 is 2.00 bits per heavy atom. The van der Waals surface area contributed by atoms with Crippen LogP contribution in [-0.4, -0.2) is 46.5 Å². The van der Waals surface area contributed by atoms with E-state index in [2.05, 4.69) is 21.3 Å². The highest BCUT2D eigenvalue weighted by Gasteiger charge is 2.53. The zero-order chi connectivity index (χ0) is 18.7. The van der Waals surface area contributed by atoms with Gasteiger partial charge in [0.2, 0.25) is 5.91 Å². The van der Waals surface area contributed by atoms with E-state index in [0.717, 1.165) is 63.9 Å². The number of hydrogen-bond acceptors (Lipinski definition) is 5. The fourth-order valence-electron chi connectivity index (χ4n) is 4.88. The van der Waals surface area contributed by atoms with E-state index < -0.39 is 5.60 Å². The lowest BCUT2D eigenvalue weighted by atomic mass is 9.75. The Morgan fingerprint density at radius 1 is 1.22 bits per heavy atom. The normalized spacial score (nSPS) is 26.1. The minimum Gasteiger partial charge on any atom is -0.458 e. The standard InChI is InChI=1S/C21H29N3O3/c25-19-14-18(21(27-19)9-3-1-4-10-21)20(26)23-16-7-12-24(13-8-16)15-17-6-2-5-11-22-17/h2,5-6,11,16,18H,1,3-4,7-10,12-15H2,(H,23,26)/t18-/m1/s1. The molecule has 4 rings (SSSR count). The molecular weight excluding hydrogens is 342 g/mol. The van der Waals surface area contributed by atoms with Gasteiger partial charge in [-0.15, -0.1) is 0 Å². The van der Waals surface area contributed by atoms with Gasteiger partial charge in [-0.25, -0.2) is 0 Å². The molecule has 0 bridgehead atoms. The summed E-state index contributed by atoms with van der Waals surface area (Å²) in [4.78, 5) is 31.6. The summed E-state index contributed by atoms with van der Waals surface area (Å²) in [5, 5.41) is 3.22. The molecule has 1 spiro atoms. The van der Waals surface area contributed by atoms with E-state index in [0.29, 0.717) is 0 Å². The first-order valence-corrected chi connectivity index (χ1v) is 10.3. The minimum absolute atomic E-state index is 0.0194. The molecule has 2 saturated heterocycles. The molecule has 3 fully saturated rings. The number of pyridine rings is 1. The molecule has 1 aromatic rings. The molecule has 27 heavy (non-hydrogen) atoms. The number of rotatable bonds is 4. The van der Waals surface area contributed by atoms with E-state index in [9.17, 15) is 9.59 Å². The van der Waals surface area contributed by atoms with E-state index in [1.54, 1.807) is 0 Å². The highest BCUT2D eigenvalue weighted by atomic mass is 16.6. The van der Waals surface area contributed by atoms with Crippen molar-refractivity contribution in [2.75, 3.05) is 13.1 Å². The van der Waals surface area contributed by atoms with Crippen LogP contribution in [0.15, 0.2) is 24.4 Å². The number of esters is 1. The molecule has 1 N–H and O–H groups in total. The van der Waals surface area contributed by atoms with E-state index in [1.165, 1.54) is 6.42 Å². The molecule has 1 saturated carbocycles. The minimum atomic E-state index is -0.529. The maximum atomic E-state index is 12.9. The van der Waals surface area contributed by atoms with Crippen LogP contribution >= 0.6 is 0 Å². The molecule has 146 valence electrons. The molecular formula is C21H29N3O3. The van der Waals surface area contributed by atoms with Crippen LogP contribution in [-0.2, 0) is 20.9 Å². The second-order valence-corrected chi connectivity index (χ2v) is 8.24. The van der Waals surface area contributed by atoms with Crippen LogP contribution in [0.1, 0.15) is 57.1 Å². The first-order chi connectivity index (χ1) is 13.1. The Balaban J connectivity index is 1.29. The number of ether oxygens (including phenoxy) is 1. The molecule has 0 unspecified atom stereocenters. The van der Waals surface area contributed by atoms with E-state index in [4.69, 9.17) is 4.74 Å². The number of hydrogen-bond donors (Lipinski definition) is 1. The van der Waals surface area contributed by atoms with Gasteiger partial charge in [0.05, 0.1) is 18.0 Å². The maximum absolute atomic E-state index is 12.9. The number of carbonyl (C=O) groups excluding carboxylic acids is 2. The van der Waals surface area contributed by atoms with Crippen molar-refractivity contribution in [3.63, 3.8) is 0 Å². The molecule has 6 nitrogen and oxygen atoms in total. The van der Waals surface area contributed by atoms with Crippen LogP contribution in [0.2, 0.25) is 0 Å². The Labute approximate surface area is 160 Å². The smallest absolute Gasteiger partial charge is 0.307 e. The van der Waals surface area contributed by atoms with Crippen LogP contribution in [0.25, 0.3) is 0 Å². The fraction of sp³-hybridized carbons (Fsp3) is 0.667. The molecule has 0 aromatic carbocycles. The SMILES string of the molecule is O=C1C[C@H](C(=O)NC2CCN(Cc3ccccn3)CC2)C2(CCCCC2)O1. The zero-order valence-electron chi connectivity index (χ0n) is 15.9. The predicted molar refractivity (Wildman–Crippen MR) is 101 cm³/mol. The van der Waals surface area contributed by atoms with Gasteiger partial charge in [0.1, 0.15) is 5.60 Å². The summed E-state index contributed by atoms with van der Waals surface area (Å²) in [6, 6.07) is 6.19. The third-order valence-corrected chi connectivity index (χ3v) is 6.39. The number of piperidine rings is 1. The van der Waals surface area contributed by atoms with Gasteiger partial charge < -0.3 is 10.1 Å². The summed E-state index contributed by atoms with van der Waals surface area (Å²) < 4.78 is 5.68. The van der Waals surface area contributed by atoms with Crippen LogP contribution in [0.5, 0.6) is 0 Å². The lowest BCUT2D eigenvalue weighted by Gasteiger charge is -2.37. The van der Waals surface area contributed by atoms with Crippen molar-refractivity contribution in [2.45, 2.75) is 69.6 Å². The molecule has 2 aliphatic heterocycles. The van der Waals surface area contributed by atoms with Crippen LogP contribution < -0.4 is 5.32 Å². The summed E-state index contributed by atoms with van der Waals surface area (Å²) in [6.45, 7) is 2.76. The van der Waals surface area contributed by atoms with Gasteiger partial charge >= 0.3 is 5.97 Å². The van der Waals surface area contributed by atoms with Crippen molar-refractivity contribution in [1.82, 2.24) is 15.2 Å². The van der Waals surface area contributed by atoms with Crippen molar-refractivity contribution in [3.05, 3.63) is 30.1 Å². The average molecular weight is 371 g/mol. The van der Waals surface area contributed by atoms with Crippen molar-refractivity contribution < 1.29 is 14.3 Å². The van der Waals surface area contributed by atoms with Gasteiger partial charge in [-0.3, -0.25) is 19.5 Å². The Bertz CT molecular complexity index is 665. The maximum Gasteiger partial charge on any atom is 0.307 e. The molecule has 3 aliphatic rings. The van der Waals surface area contributed by atoms with E-state index >= 15 is 0 Å². The van der Waals surface area contributed by atoms with Crippen molar-refractivity contribution in [2.24, 2.45) is 5.92 Å². The first-order valence-electron chi connectivity index (χ1n) is 10.3. The molecule has 0 radical (unpaired) electrons. The van der Waals surface area contributed by atoms with Gasteiger partial charge in [-0.2, -0.15) is 0 Å². The Morgan fingerprint density at radius 3 is 2.70 bits per heavy atom. The highest BCUT2D eigenvalue weighted by molar-refractivity contribution is 5.88. The molecule has 3 heterocycles. The fourth-order valence-corrected chi connectivity index (χ4v) is 4.88. The number of nitrogens with one attached hydrogen (secondary N) is 1. The second-order valence-electron chi connectivity index (χ2n) is 8.24. The predicted octanol–water partition coefficient (Wildman–Crippen LogP) is 2.43. The van der Waals surface area contributed by atoms with E-state index in [-0.39, 0.29) is 30.3 Å². The molecule has 6 heteroatoms. The second kappa shape index (κ2) is 7.97. The summed E-state index contributed by atoms with van der Waals surface area (Å²) in [6.07, 6.45) is 8.87. The molecule has 1 amide bonds. The quantitative estimate of drug-likeness (QED) is 0.823. The summed E-state index contributed by atoms with van der Waals surface area (Å²) in [5.74, 6) is -0.495. The molecule has 1 aromatic heterocycles. The Kier molecular flexibility index (Phi) is 5.43. The van der Waals surface area contributed by atoms with Crippen LogP contribution in [0.4, 0.5) is 0 Å². The largest absolute Gasteiger partial charge is 0.458 e. The number of amides is 1. The number of carbonyl (C=O) groups is 2. The van der Waals surface area contributed by atoms with Gasteiger partial charge in [0.25, 0.3) is 0 Å². The van der Waals surface area contributed by atoms with Crippen LogP contribution in [0.3, 0.4) is 0 Å². The van der Waals surface area contributed by atoms with Crippen molar-refractivity contribution in [1.29, 1.82) is 0 Å². The average Bonchev–Trinajstić information content (AvgIpc) is 3.00. The van der Waals surface area contributed by atoms with Crippen molar-refractivity contribution in [3.8, 4) is 0 Å². The van der Waals surface area contributed by atoms with Gasteiger partial charge in [-0.1, -0.05) is 12.5 Å². The third kappa shape index (κ3) is 4.15. The van der Waals surface area contributed by atoms with Gasteiger partial charge in [0, 0.05) is 31.9 Å². The summed E-state index contributed by atoms with van der Waals surface area (Å²) in [5.41, 5.74) is 0.555. The monoisotopic (exact) mass is 371 g/mol. The number of likely N-dealkylation sites (tertiary alicyclic amines) is 1. The topological polar surface area (TPSA) is 71.5 Å². The summed E-state index contributed by atoms with van der Waals surface area (Å²) >= 11 is 0. The molecule has 1 atom stereocenters. The Hall–Kier alpha value is -1.95. The van der Waals surface area contributed by atoms with Gasteiger partial charge in [0.15, 0.2) is 0 Å². The third-order valence-electron chi connectivity index (χ3n) is 6.39. The number of nitrogens with zero attached hydrogens (tertiary/aromatic N) is 2. The highest BCUT2D eigenvalue weighted by Crippen LogP contribution is 2.44. The molecule has 1 aliphatic carbocycles. The van der Waals surface area contributed by atoms with Gasteiger partial charge in [-0.05, 0) is 50.7 Å². The number of aromatic nitrogens is 1. The van der Waals surface area contributed by atoms with Crippen LogP contribution in [0, 0.1) is 5.92 Å². The summed E-state index contributed by atoms with van der Waals surface area (Å²) in [7, 11) is 0. The lowest BCUT2D eigenvalue weighted by molar-refractivity contribution is -0.153. The lowest BCUT2D eigenvalue weighted by Crippen LogP contribution is -2.50. The first kappa shape index (κ1) is 18.4. The van der Waals surface area contributed by atoms with E-state index in [1.807, 2.05) is 18.3 Å². The van der Waals surface area contributed by atoms with Crippen molar-refractivity contribution >= 4 is 11.9 Å².